The van der Waals surface area contributed by atoms with Gasteiger partial charge in [0, 0.05) is 0 Å². The Morgan fingerprint density at radius 2 is 2.18 bits per heavy atom. The van der Waals surface area contributed by atoms with Gasteiger partial charge in [0.25, 0.3) is 5.89 Å². The van der Waals surface area contributed by atoms with Crippen LogP contribution in [0.1, 0.15) is 37.2 Å². The summed E-state index contributed by atoms with van der Waals surface area (Å²) in [4.78, 5) is 9.55. The maximum absolute atomic E-state index is 6.29. The molecule has 2 N–H and O–H groups in total. The van der Waals surface area contributed by atoms with Crippen molar-refractivity contribution < 1.29 is 4.52 Å². The Hall–Kier alpha value is -1.27. The Balaban J connectivity index is 1.96. The highest BCUT2D eigenvalue weighted by atomic mass is 32.1. The molecule has 0 spiro atoms. The molecule has 6 heteroatoms. The second-order valence-electron chi connectivity index (χ2n) is 4.55. The predicted molar refractivity (Wildman–Crippen MR) is 64.5 cm³/mol. The summed E-state index contributed by atoms with van der Waals surface area (Å²) in [7, 11) is 0. The molecule has 2 aromatic rings. The lowest BCUT2D eigenvalue weighted by Crippen LogP contribution is -2.34. The van der Waals surface area contributed by atoms with Crippen LogP contribution in [-0.4, -0.2) is 15.1 Å². The maximum Gasteiger partial charge on any atom is 0.269 e. The number of nitrogens with two attached hydrogens (primary N) is 1. The zero-order valence-electron chi connectivity index (χ0n) is 9.64. The van der Waals surface area contributed by atoms with Gasteiger partial charge in [0.2, 0.25) is 0 Å². The summed E-state index contributed by atoms with van der Waals surface area (Å²) in [6, 6.07) is 0. The van der Waals surface area contributed by atoms with E-state index in [-0.39, 0.29) is 5.54 Å². The van der Waals surface area contributed by atoms with Gasteiger partial charge in [0.15, 0.2) is 5.82 Å². The molecule has 0 unspecified atom stereocenters. The molecule has 0 saturated heterocycles. The molecule has 0 radical (unpaired) electrons. The number of thiazole rings is 1. The van der Waals surface area contributed by atoms with E-state index in [1.807, 2.05) is 6.92 Å². The molecular formula is C11H14N4OS. The monoisotopic (exact) mass is 250 g/mol. The van der Waals surface area contributed by atoms with Gasteiger partial charge in [0.05, 0.1) is 16.7 Å². The fourth-order valence-electron chi connectivity index (χ4n) is 2.25. The molecule has 2 aromatic heterocycles. The van der Waals surface area contributed by atoms with E-state index in [0.29, 0.717) is 11.7 Å². The third-order valence-corrected chi connectivity index (χ3v) is 4.22. The number of aromatic nitrogens is 3. The first kappa shape index (κ1) is 10.9. The highest BCUT2D eigenvalue weighted by molar-refractivity contribution is 7.13. The van der Waals surface area contributed by atoms with E-state index >= 15 is 0 Å². The van der Waals surface area contributed by atoms with Crippen molar-refractivity contribution >= 4 is 11.3 Å². The quantitative estimate of drug-likeness (QED) is 0.884. The SMILES string of the molecule is Cc1ncsc1-c1nc(C2(N)CCCC2)no1. The molecule has 0 atom stereocenters. The standard InChI is InChI=1S/C11H14N4OS/c1-7-8(17-6-13-7)9-14-10(15-16-9)11(12)4-2-3-5-11/h6H,2-5,12H2,1H3. The van der Waals surface area contributed by atoms with Gasteiger partial charge in [-0.05, 0) is 19.8 Å². The summed E-state index contributed by atoms with van der Waals surface area (Å²) < 4.78 is 5.30. The lowest BCUT2D eigenvalue weighted by atomic mass is 9.99. The van der Waals surface area contributed by atoms with Crippen LogP contribution in [0.2, 0.25) is 0 Å². The van der Waals surface area contributed by atoms with Gasteiger partial charge >= 0.3 is 0 Å². The molecule has 2 heterocycles. The molecule has 3 rings (SSSR count). The van der Waals surface area contributed by atoms with E-state index in [9.17, 15) is 0 Å². The normalized spacial score (nSPS) is 18.7. The van der Waals surface area contributed by atoms with E-state index in [0.717, 1.165) is 36.3 Å². The summed E-state index contributed by atoms with van der Waals surface area (Å²) in [5.41, 5.74) is 8.60. The number of rotatable bonds is 2. The van der Waals surface area contributed by atoms with Crippen molar-refractivity contribution in [3.05, 3.63) is 17.0 Å². The predicted octanol–water partition coefficient (Wildman–Crippen LogP) is 2.23. The van der Waals surface area contributed by atoms with E-state index in [1.54, 1.807) is 5.51 Å². The van der Waals surface area contributed by atoms with Crippen LogP contribution in [0.15, 0.2) is 10.0 Å². The van der Waals surface area contributed by atoms with Gasteiger partial charge in [0.1, 0.15) is 4.88 Å². The van der Waals surface area contributed by atoms with Gasteiger partial charge in [-0.25, -0.2) is 4.98 Å². The molecule has 0 bridgehead atoms. The lowest BCUT2D eigenvalue weighted by molar-refractivity contribution is 0.373. The van der Waals surface area contributed by atoms with Crippen LogP contribution in [0.5, 0.6) is 0 Å². The minimum absolute atomic E-state index is 0.389. The van der Waals surface area contributed by atoms with Crippen LogP contribution in [0.4, 0.5) is 0 Å². The first-order valence-electron chi connectivity index (χ1n) is 5.72. The average molecular weight is 250 g/mol. The maximum atomic E-state index is 6.29. The Morgan fingerprint density at radius 1 is 1.41 bits per heavy atom. The van der Waals surface area contributed by atoms with Crippen molar-refractivity contribution in [2.45, 2.75) is 38.1 Å². The van der Waals surface area contributed by atoms with Crippen molar-refractivity contribution in [3.63, 3.8) is 0 Å². The topological polar surface area (TPSA) is 77.8 Å². The molecule has 1 aliphatic rings. The molecule has 0 aromatic carbocycles. The number of hydrogen-bond acceptors (Lipinski definition) is 6. The van der Waals surface area contributed by atoms with Crippen molar-refractivity contribution in [1.82, 2.24) is 15.1 Å². The van der Waals surface area contributed by atoms with Crippen LogP contribution in [0, 0.1) is 6.92 Å². The highest BCUT2D eigenvalue weighted by Gasteiger charge is 2.36. The smallest absolute Gasteiger partial charge is 0.269 e. The zero-order chi connectivity index (χ0) is 11.9. The van der Waals surface area contributed by atoms with Gasteiger partial charge in [-0.1, -0.05) is 18.0 Å². The Labute approximate surface area is 103 Å². The third-order valence-electron chi connectivity index (χ3n) is 3.31. The Morgan fingerprint density at radius 3 is 2.82 bits per heavy atom. The first-order valence-corrected chi connectivity index (χ1v) is 6.60. The lowest BCUT2D eigenvalue weighted by Gasteiger charge is -2.17. The minimum atomic E-state index is -0.389. The largest absolute Gasteiger partial charge is 0.333 e. The van der Waals surface area contributed by atoms with E-state index in [2.05, 4.69) is 15.1 Å². The molecule has 17 heavy (non-hydrogen) atoms. The van der Waals surface area contributed by atoms with Crippen molar-refractivity contribution in [2.24, 2.45) is 5.73 Å². The van der Waals surface area contributed by atoms with Gasteiger partial charge < -0.3 is 10.3 Å². The van der Waals surface area contributed by atoms with Crippen molar-refractivity contribution in [2.75, 3.05) is 0 Å². The van der Waals surface area contributed by atoms with E-state index < -0.39 is 0 Å². The summed E-state index contributed by atoms with van der Waals surface area (Å²) in [6.07, 6.45) is 4.15. The molecule has 1 aliphatic carbocycles. The van der Waals surface area contributed by atoms with Crippen LogP contribution in [-0.2, 0) is 5.54 Å². The van der Waals surface area contributed by atoms with Crippen LogP contribution in [0.3, 0.4) is 0 Å². The van der Waals surface area contributed by atoms with Gasteiger partial charge in [-0.2, -0.15) is 4.98 Å². The highest BCUT2D eigenvalue weighted by Crippen LogP contribution is 2.36. The number of hydrogen-bond donors (Lipinski definition) is 1. The molecule has 5 nitrogen and oxygen atoms in total. The van der Waals surface area contributed by atoms with Crippen LogP contribution in [0.25, 0.3) is 10.8 Å². The van der Waals surface area contributed by atoms with Gasteiger partial charge in [-0.3, -0.25) is 0 Å². The van der Waals surface area contributed by atoms with Crippen molar-refractivity contribution in [3.8, 4) is 10.8 Å². The minimum Gasteiger partial charge on any atom is -0.333 e. The number of aryl methyl sites for hydroxylation is 1. The Bertz CT molecular complexity index is 527. The van der Waals surface area contributed by atoms with Crippen LogP contribution >= 0.6 is 11.3 Å². The third kappa shape index (κ3) is 1.77. The fourth-order valence-corrected chi connectivity index (χ4v) is 2.98. The molecular weight excluding hydrogens is 236 g/mol. The van der Waals surface area contributed by atoms with Crippen LogP contribution < -0.4 is 5.73 Å². The Kier molecular flexibility index (Phi) is 2.48. The van der Waals surface area contributed by atoms with E-state index in [1.165, 1.54) is 11.3 Å². The molecule has 1 saturated carbocycles. The van der Waals surface area contributed by atoms with Crippen molar-refractivity contribution in [1.29, 1.82) is 0 Å². The average Bonchev–Trinajstić information content (AvgIpc) is 2.97. The van der Waals surface area contributed by atoms with Gasteiger partial charge in [-0.15, -0.1) is 11.3 Å². The first-order chi connectivity index (χ1) is 8.19. The molecule has 0 aliphatic heterocycles. The zero-order valence-corrected chi connectivity index (χ0v) is 10.5. The molecule has 0 amide bonds. The molecule has 1 fully saturated rings. The van der Waals surface area contributed by atoms with E-state index in [4.69, 9.17) is 10.3 Å². The summed E-state index contributed by atoms with van der Waals surface area (Å²) >= 11 is 1.51. The second-order valence-corrected chi connectivity index (χ2v) is 5.41. The second kappa shape index (κ2) is 3.89. The summed E-state index contributed by atoms with van der Waals surface area (Å²) in [6.45, 7) is 1.93. The molecule has 90 valence electrons. The summed E-state index contributed by atoms with van der Waals surface area (Å²) in [5.74, 6) is 1.18. The number of nitrogens with zero attached hydrogens (tertiary/aromatic N) is 3. The fraction of sp³-hybridized carbons (Fsp3) is 0.545. The summed E-state index contributed by atoms with van der Waals surface area (Å²) in [5, 5.41) is 4.03.